The van der Waals surface area contributed by atoms with Crippen LogP contribution in [0.5, 0.6) is 0 Å². The molecule has 0 N–H and O–H groups in total. The lowest BCUT2D eigenvalue weighted by molar-refractivity contribution is 0.424. The van der Waals surface area contributed by atoms with E-state index in [2.05, 4.69) is 21.9 Å². The molecule has 0 saturated heterocycles. The minimum atomic E-state index is 0.612. The van der Waals surface area contributed by atoms with Crippen LogP contribution in [0.3, 0.4) is 0 Å². The minimum Gasteiger partial charge on any atom is -0.363 e. The van der Waals surface area contributed by atoms with Gasteiger partial charge in [-0.2, -0.15) is 4.98 Å². The number of hydrogen-bond acceptors (Lipinski definition) is 4. The van der Waals surface area contributed by atoms with E-state index in [0.717, 1.165) is 11.8 Å². The molecule has 1 aromatic heterocycles. The van der Waals surface area contributed by atoms with Gasteiger partial charge in [-0.05, 0) is 18.9 Å². The van der Waals surface area contributed by atoms with E-state index in [0.29, 0.717) is 6.04 Å². The summed E-state index contributed by atoms with van der Waals surface area (Å²) in [6.45, 7) is 0. The summed E-state index contributed by atoms with van der Waals surface area (Å²) in [5.74, 6) is 1.82. The first-order chi connectivity index (χ1) is 8.18. The van der Waals surface area contributed by atoms with Crippen LogP contribution in [0.25, 0.3) is 0 Å². The van der Waals surface area contributed by atoms with E-state index in [4.69, 9.17) is 0 Å². The third-order valence-corrected chi connectivity index (χ3v) is 3.52. The van der Waals surface area contributed by atoms with Crippen LogP contribution in [0.15, 0.2) is 12.3 Å². The standard InChI is InChI=1S/C13H22N4/c1-16(2)12-9-10-14-13(15-12)17(3)11-7-5-4-6-8-11/h9-11H,4-8H2,1-3H3. The fourth-order valence-electron chi connectivity index (χ4n) is 2.39. The van der Waals surface area contributed by atoms with Crippen LogP contribution in [0.1, 0.15) is 32.1 Å². The second kappa shape index (κ2) is 5.34. The van der Waals surface area contributed by atoms with Crippen LogP contribution in [0.4, 0.5) is 11.8 Å². The zero-order chi connectivity index (χ0) is 12.3. The zero-order valence-electron chi connectivity index (χ0n) is 11.1. The van der Waals surface area contributed by atoms with E-state index in [1.807, 2.05) is 31.3 Å². The average molecular weight is 234 g/mol. The predicted molar refractivity (Wildman–Crippen MR) is 71.6 cm³/mol. The molecule has 17 heavy (non-hydrogen) atoms. The van der Waals surface area contributed by atoms with Crippen molar-refractivity contribution in [2.45, 2.75) is 38.1 Å². The minimum absolute atomic E-state index is 0.612. The second-order valence-corrected chi connectivity index (χ2v) is 5.01. The number of hydrogen-bond donors (Lipinski definition) is 0. The number of nitrogens with zero attached hydrogens (tertiary/aromatic N) is 4. The molecule has 1 saturated carbocycles. The Labute approximate surface area is 104 Å². The highest BCUT2D eigenvalue weighted by atomic mass is 15.3. The highest BCUT2D eigenvalue weighted by Gasteiger charge is 2.20. The molecule has 1 fully saturated rings. The molecule has 1 heterocycles. The fourth-order valence-corrected chi connectivity index (χ4v) is 2.39. The summed E-state index contributed by atoms with van der Waals surface area (Å²) in [4.78, 5) is 13.2. The molecule has 0 spiro atoms. The molecule has 0 aliphatic heterocycles. The normalized spacial score (nSPS) is 16.9. The van der Waals surface area contributed by atoms with Crippen molar-refractivity contribution in [1.29, 1.82) is 0 Å². The van der Waals surface area contributed by atoms with Crippen LogP contribution in [0.2, 0.25) is 0 Å². The Hall–Kier alpha value is -1.32. The summed E-state index contributed by atoms with van der Waals surface area (Å²) < 4.78 is 0. The number of aromatic nitrogens is 2. The first kappa shape index (κ1) is 12.1. The van der Waals surface area contributed by atoms with Crippen molar-refractivity contribution in [1.82, 2.24) is 9.97 Å². The third kappa shape index (κ3) is 2.87. The zero-order valence-corrected chi connectivity index (χ0v) is 11.1. The Balaban J connectivity index is 2.12. The maximum atomic E-state index is 4.59. The first-order valence-electron chi connectivity index (χ1n) is 6.41. The Bertz CT molecular complexity index is 358. The van der Waals surface area contributed by atoms with Crippen molar-refractivity contribution >= 4 is 11.8 Å². The van der Waals surface area contributed by atoms with Gasteiger partial charge in [0.15, 0.2) is 0 Å². The molecule has 1 aromatic rings. The molecular formula is C13H22N4. The van der Waals surface area contributed by atoms with Gasteiger partial charge in [-0.25, -0.2) is 4.98 Å². The maximum absolute atomic E-state index is 4.59. The lowest BCUT2D eigenvalue weighted by atomic mass is 9.95. The van der Waals surface area contributed by atoms with Crippen molar-refractivity contribution in [2.24, 2.45) is 0 Å². The quantitative estimate of drug-likeness (QED) is 0.803. The predicted octanol–water partition coefficient (Wildman–Crippen LogP) is 2.31. The summed E-state index contributed by atoms with van der Waals surface area (Å²) >= 11 is 0. The highest BCUT2D eigenvalue weighted by Crippen LogP contribution is 2.24. The molecule has 0 unspecified atom stereocenters. The van der Waals surface area contributed by atoms with Crippen molar-refractivity contribution in [2.75, 3.05) is 30.9 Å². The lowest BCUT2D eigenvalue weighted by Crippen LogP contribution is -2.34. The molecule has 0 atom stereocenters. The van der Waals surface area contributed by atoms with Gasteiger partial charge in [0.2, 0.25) is 5.95 Å². The first-order valence-corrected chi connectivity index (χ1v) is 6.41. The van der Waals surface area contributed by atoms with Gasteiger partial charge in [0, 0.05) is 33.4 Å². The Morgan fingerprint density at radius 2 is 1.82 bits per heavy atom. The van der Waals surface area contributed by atoms with Gasteiger partial charge in [0.05, 0.1) is 0 Å². The third-order valence-electron chi connectivity index (χ3n) is 3.52. The topological polar surface area (TPSA) is 32.3 Å². The largest absolute Gasteiger partial charge is 0.363 e. The van der Waals surface area contributed by atoms with Gasteiger partial charge in [-0.1, -0.05) is 19.3 Å². The average Bonchev–Trinajstić information content (AvgIpc) is 2.39. The molecule has 0 amide bonds. The van der Waals surface area contributed by atoms with Crippen molar-refractivity contribution in [3.63, 3.8) is 0 Å². The van der Waals surface area contributed by atoms with Crippen LogP contribution in [-0.2, 0) is 0 Å². The Morgan fingerprint density at radius 1 is 1.12 bits per heavy atom. The van der Waals surface area contributed by atoms with E-state index in [-0.39, 0.29) is 0 Å². The Morgan fingerprint density at radius 3 is 2.47 bits per heavy atom. The molecule has 2 rings (SSSR count). The summed E-state index contributed by atoms with van der Waals surface area (Å²) in [6.07, 6.45) is 8.43. The van der Waals surface area contributed by atoms with Crippen LogP contribution in [-0.4, -0.2) is 37.2 Å². The summed E-state index contributed by atoms with van der Waals surface area (Å²) in [6, 6.07) is 2.55. The van der Waals surface area contributed by atoms with Crippen molar-refractivity contribution in [3.8, 4) is 0 Å². The molecule has 1 aliphatic carbocycles. The van der Waals surface area contributed by atoms with Crippen LogP contribution < -0.4 is 9.80 Å². The smallest absolute Gasteiger partial charge is 0.227 e. The molecule has 1 aliphatic rings. The monoisotopic (exact) mass is 234 g/mol. The molecular weight excluding hydrogens is 212 g/mol. The summed E-state index contributed by atoms with van der Waals surface area (Å²) in [7, 11) is 6.13. The molecule has 4 nitrogen and oxygen atoms in total. The van der Waals surface area contributed by atoms with E-state index < -0.39 is 0 Å². The Kier molecular flexibility index (Phi) is 3.82. The maximum Gasteiger partial charge on any atom is 0.227 e. The van der Waals surface area contributed by atoms with E-state index >= 15 is 0 Å². The van der Waals surface area contributed by atoms with Gasteiger partial charge >= 0.3 is 0 Å². The van der Waals surface area contributed by atoms with Crippen LogP contribution in [0, 0.1) is 0 Å². The molecule has 0 aromatic carbocycles. The molecule has 0 radical (unpaired) electrons. The van der Waals surface area contributed by atoms with Gasteiger partial charge < -0.3 is 9.80 Å². The number of anilines is 2. The van der Waals surface area contributed by atoms with E-state index in [9.17, 15) is 0 Å². The van der Waals surface area contributed by atoms with E-state index in [1.54, 1.807) is 0 Å². The highest BCUT2D eigenvalue weighted by molar-refractivity contribution is 5.42. The lowest BCUT2D eigenvalue weighted by Gasteiger charge is -2.31. The number of rotatable bonds is 3. The fraction of sp³-hybridized carbons (Fsp3) is 0.692. The van der Waals surface area contributed by atoms with Crippen molar-refractivity contribution in [3.05, 3.63) is 12.3 Å². The SMILES string of the molecule is CN(C)c1ccnc(N(C)C2CCCCC2)n1. The van der Waals surface area contributed by atoms with Gasteiger partial charge in [-0.15, -0.1) is 0 Å². The summed E-state index contributed by atoms with van der Waals surface area (Å²) in [5, 5.41) is 0. The molecule has 94 valence electrons. The van der Waals surface area contributed by atoms with E-state index in [1.165, 1.54) is 32.1 Å². The van der Waals surface area contributed by atoms with Gasteiger partial charge in [0.25, 0.3) is 0 Å². The van der Waals surface area contributed by atoms with Gasteiger partial charge in [-0.3, -0.25) is 0 Å². The molecule has 4 heteroatoms. The van der Waals surface area contributed by atoms with Gasteiger partial charge in [0.1, 0.15) is 5.82 Å². The van der Waals surface area contributed by atoms with Crippen molar-refractivity contribution < 1.29 is 0 Å². The summed E-state index contributed by atoms with van der Waals surface area (Å²) in [5.41, 5.74) is 0. The van der Waals surface area contributed by atoms with Crippen LogP contribution >= 0.6 is 0 Å². The molecule has 0 bridgehead atoms. The second-order valence-electron chi connectivity index (χ2n) is 5.01.